The molecule has 0 aliphatic carbocycles. The van der Waals surface area contributed by atoms with Gasteiger partial charge >= 0.3 is 0 Å². The number of aromatic nitrogens is 3. The number of carbonyl (C=O) groups excluding carboxylic acids is 1. The maximum absolute atomic E-state index is 12.4. The Morgan fingerprint density at radius 2 is 1.90 bits per heavy atom. The summed E-state index contributed by atoms with van der Waals surface area (Å²) >= 11 is 13.3. The van der Waals surface area contributed by atoms with E-state index in [2.05, 4.69) is 28.5 Å². The SMILES string of the molecule is CCn1c(SCC(=O)Nc2cc(Cl)cc(Cl)c2)nnc1C(C)Oc1cccc(C)c1C. The highest BCUT2D eigenvalue weighted by Gasteiger charge is 2.20. The van der Waals surface area contributed by atoms with Gasteiger partial charge < -0.3 is 14.6 Å². The monoisotopic (exact) mass is 478 g/mol. The molecule has 1 heterocycles. The molecular weight excluding hydrogens is 455 g/mol. The number of rotatable bonds is 8. The Morgan fingerprint density at radius 1 is 1.19 bits per heavy atom. The third-order valence-corrected chi connectivity index (χ3v) is 6.17. The highest BCUT2D eigenvalue weighted by molar-refractivity contribution is 7.99. The number of nitrogens with one attached hydrogen (secondary N) is 1. The van der Waals surface area contributed by atoms with Gasteiger partial charge in [-0.25, -0.2) is 0 Å². The lowest BCUT2D eigenvalue weighted by molar-refractivity contribution is -0.113. The Labute approximate surface area is 196 Å². The molecule has 0 saturated carbocycles. The van der Waals surface area contributed by atoms with Crippen molar-refractivity contribution >= 4 is 46.6 Å². The minimum atomic E-state index is -0.287. The number of benzene rings is 2. The van der Waals surface area contributed by atoms with Crippen LogP contribution in [0.15, 0.2) is 41.6 Å². The lowest BCUT2D eigenvalue weighted by atomic mass is 10.1. The zero-order valence-electron chi connectivity index (χ0n) is 17.8. The van der Waals surface area contributed by atoms with Crippen molar-refractivity contribution in [2.24, 2.45) is 0 Å². The van der Waals surface area contributed by atoms with Gasteiger partial charge in [0, 0.05) is 22.3 Å². The van der Waals surface area contributed by atoms with E-state index in [0.29, 0.717) is 33.3 Å². The predicted octanol–water partition coefficient (Wildman–Crippen LogP) is 6.09. The van der Waals surface area contributed by atoms with Crippen molar-refractivity contribution in [2.75, 3.05) is 11.1 Å². The van der Waals surface area contributed by atoms with Gasteiger partial charge in [0.2, 0.25) is 5.91 Å². The second-order valence-corrected chi connectivity index (χ2v) is 8.85. The number of hydrogen-bond donors (Lipinski definition) is 1. The van der Waals surface area contributed by atoms with E-state index in [4.69, 9.17) is 27.9 Å². The number of aryl methyl sites for hydroxylation is 1. The van der Waals surface area contributed by atoms with E-state index in [0.717, 1.165) is 11.3 Å². The second kappa shape index (κ2) is 10.4. The van der Waals surface area contributed by atoms with E-state index in [9.17, 15) is 4.79 Å². The Kier molecular flexibility index (Phi) is 7.86. The summed E-state index contributed by atoms with van der Waals surface area (Å²) in [4.78, 5) is 12.4. The topological polar surface area (TPSA) is 69.0 Å². The molecular formula is C22H24Cl2N4O2S. The van der Waals surface area contributed by atoms with Crippen LogP contribution < -0.4 is 10.1 Å². The van der Waals surface area contributed by atoms with Crippen LogP contribution in [0, 0.1) is 13.8 Å². The minimum Gasteiger partial charge on any atom is -0.482 e. The van der Waals surface area contributed by atoms with Crippen molar-refractivity contribution in [1.82, 2.24) is 14.8 Å². The zero-order valence-corrected chi connectivity index (χ0v) is 20.1. The lowest BCUT2D eigenvalue weighted by Gasteiger charge is -2.17. The summed E-state index contributed by atoms with van der Waals surface area (Å²) in [5.74, 6) is 1.53. The molecule has 0 aliphatic rings. The number of anilines is 1. The molecule has 0 spiro atoms. The van der Waals surface area contributed by atoms with Gasteiger partial charge in [0.1, 0.15) is 5.75 Å². The average molecular weight is 479 g/mol. The van der Waals surface area contributed by atoms with E-state index in [1.807, 2.05) is 37.5 Å². The van der Waals surface area contributed by atoms with E-state index in [1.165, 1.54) is 17.3 Å². The van der Waals surface area contributed by atoms with Crippen LogP contribution >= 0.6 is 35.0 Å². The number of thioether (sulfide) groups is 1. The molecule has 1 amide bonds. The molecule has 0 saturated heterocycles. The fraction of sp³-hybridized carbons (Fsp3) is 0.318. The first-order valence-corrected chi connectivity index (χ1v) is 11.6. The second-order valence-electron chi connectivity index (χ2n) is 7.04. The van der Waals surface area contributed by atoms with E-state index >= 15 is 0 Å². The first-order valence-electron chi connectivity index (χ1n) is 9.83. The third-order valence-electron chi connectivity index (χ3n) is 4.76. The quantitative estimate of drug-likeness (QED) is 0.396. The molecule has 0 aliphatic heterocycles. The molecule has 1 unspecified atom stereocenters. The molecule has 1 aromatic heterocycles. The van der Waals surface area contributed by atoms with Crippen LogP contribution in [-0.2, 0) is 11.3 Å². The zero-order chi connectivity index (χ0) is 22.5. The smallest absolute Gasteiger partial charge is 0.234 e. The normalized spacial score (nSPS) is 11.9. The molecule has 6 nitrogen and oxygen atoms in total. The molecule has 164 valence electrons. The summed E-state index contributed by atoms with van der Waals surface area (Å²) in [5, 5.41) is 13.0. The molecule has 1 N–H and O–H groups in total. The van der Waals surface area contributed by atoms with Gasteiger partial charge in [-0.05, 0) is 63.1 Å². The molecule has 0 fully saturated rings. The largest absolute Gasteiger partial charge is 0.482 e. The molecule has 3 rings (SSSR count). The number of hydrogen-bond acceptors (Lipinski definition) is 5. The van der Waals surface area contributed by atoms with Crippen LogP contribution in [0.5, 0.6) is 5.75 Å². The lowest BCUT2D eigenvalue weighted by Crippen LogP contribution is -2.15. The number of halogens is 2. The number of amides is 1. The fourth-order valence-electron chi connectivity index (χ4n) is 3.05. The van der Waals surface area contributed by atoms with Gasteiger partial charge in [-0.1, -0.05) is 47.1 Å². The Hall–Kier alpha value is -2.22. The first-order chi connectivity index (χ1) is 14.8. The van der Waals surface area contributed by atoms with Crippen LogP contribution in [0.2, 0.25) is 10.0 Å². The van der Waals surface area contributed by atoms with Gasteiger partial charge in [-0.3, -0.25) is 4.79 Å². The van der Waals surface area contributed by atoms with Crippen molar-refractivity contribution in [3.8, 4) is 5.75 Å². The molecule has 0 bridgehead atoms. The van der Waals surface area contributed by atoms with Crippen LogP contribution in [0.1, 0.15) is 36.9 Å². The Morgan fingerprint density at radius 3 is 2.58 bits per heavy atom. The summed E-state index contributed by atoms with van der Waals surface area (Å²) in [5.41, 5.74) is 2.82. The molecule has 1 atom stereocenters. The van der Waals surface area contributed by atoms with E-state index in [1.54, 1.807) is 18.2 Å². The highest BCUT2D eigenvalue weighted by Crippen LogP contribution is 2.28. The van der Waals surface area contributed by atoms with Crippen molar-refractivity contribution in [3.63, 3.8) is 0 Å². The molecule has 31 heavy (non-hydrogen) atoms. The Balaban J connectivity index is 1.66. The van der Waals surface area contributed by atoms with Gasteiger partial charge in [0.25, 0.3) is 0 Å². The van der Waals surface area contributed by atoms with Gasteiger partial charge in [-0.2, -0.15) is 0 Å². The first kappa shape index (κ1) is 23.4. The van der Waals surface area contributed by atoms with Gasteiger partial charge in [0.15, 0.2) is 17.1 Å². The summed E-state index contributed by atoms with van der Waals surface area (Å²) in [6, 6.07) is 10.9. The number of nitrogens with zero attached hydrogens (tertiary/aromatic N) is 3. The maximum Gasteiger partial charge on any atom is 0.234 e. The van der Waals surface area contributed by atoms with Crippen LogP contribution in [0.4, 0.5) is 5.69 Å². The van der Waals surface area contributed by atoms with Gasteiger partial charge in [-0.15, -0.1) is 10.2 Å². The van der Waals surface area contributed by atoms with E-state index < -0.39 is 0 Å². The fourth-order valence-corrected chi connectivity index (χ4v) is 4.39. The number of ether oxygens (including phenoxy) is 1. The summed E-state index contributed by atoms with van der Waals surface area (Å²) in [6.07, 6.45) is -0.287. The predicted molar refractivity (Wildman–Crippen MR) is 126 cm³/mol. The average Bonchev–Trinajstić information content (AvgIpc) is 3.12. The van der Waals surface area contributed by atoms with Crippen molar-refractivity contribution in [2.45, 2.75) is 45.5 Å². The molecule has 2 aromatic carbocycles. The van der Waals surface area contributed by atoms with Crippen LogP contribution in [0.3, 0.4) is 0 Å². The summed E-state index contributed by atoms with van der Waals surface area (Å²) in [7, 11) is 0. The molecule has 0 radical (unpaired) electrons. The summed E-state index contributed by atoms with van der Waals surface area (Å²) in [6.45, 7) is 8.71. The minimum absolute atomic E-state index is 0.175. The number of carbonyl (C=O) groups is 1. The van der Waals surface area contributed by atoms with Crippen molar-refractivity contribution in [3.05, 3.63) is 63.4 Å². The van der Waals surface area contributed by atoms with Crippen molar-refractivity contribution < 1.29 is 9.53 Å². The van der Waals surface area contributed by atoms with E-state index in [-0.39, 0.29) is 17.8 Å². The maximum atomic E-state index is 12.4. The molecule has 3 aromatic rings. The van der Waals surface area contributed by atoms with Crippen LogP contribution in [-0.4, -0.2) is 26.4 Å². The van der Waals surface area contributed by atoms with Crippen molar-refractivity contribution in [1.29, 1.82) is 0 Å². The third kappa shape index (κ3) is 5.93. The van der Waals surface area contributed by atoms with Crippen LogP contribution in [0.25, 0.3) is 0 Å². The molecule has 9 heteroatoms. The summed E-state index contributed by atoms with van der Waals surface area (Å²) < 4.78 is 8.12. The standard InChI is InChI=1S/C22H24Cl2N4O2S/c1-5-28-21(15(4)30-19-8-6-7-13(2)14(19)3)26-27-22(28)31-12-20(29)25-18-10-16(23)9-17(24)11-18/h6-11,15H,5,12H2,1-4H3,(H,25,29). The highest BCUT2D eigenvalue weighted by atomic mass is 35.5. The van der Waals surface area contributed by atoms with Gasteiger partial charge in [0.05, 0.1) is 5.75 Å². The Bertz CT molecular complexity index is 1070.